The molecule has 1 saturated carbocycles. The lowest BCUT2D eigenvalue weighted by Crippen LogP contribution is -2.62. The molecule has 2 aromatic rings. The van der Waals surface area contributed by atoms with Gasteiger partial charge in [0.05, 0.1) is 10.7 Å². The van der Waals surface area contributed by atoms with Gasteiger partial charge in [-0.1, -0.05) is 23.7 Å². The molecule has 2 nitrogen and oxygen atoms in total. The fraction of sp³-hybridized carbons (Fsp3) is 0.389. The quantitative estimate of drug-likeness (QED) is 0.837. The van der Waals surface area contributed by atoms with Crippen LogP contribution in [0.3, 0.4) is 0 Å². The van der Waals surface area contributed by atoms with E-state index in [0.717, 1.165) is 25.4 Å². The maximum Gasteiger partial charge on any atom is 0.165 e. The zero-order valence-corrected chi connectivity index (χ0v) is 13.1. The van der Waals surface area contributed by atoms with Crippen molar-refractivity contribution in [3.05, 3.63) is 59.1 Å². The number of halogens is 2. The van der Waals surface area contributed by atoms with Gasteiger partial charge in [0, 0.05) is 30.9 Å². The number of benzene rings is 1. The minimum Gasteiger partial charge on any atom is -0.368 e. The summed E-state index contributed by atoms with van der Waals surface area (Å²) in [5.74, 6) is 0.459. The van der Waals surface area contributed by atoms with Crippen molar-refractivity contribution < 1.29 is 4.39 Å². The van der Waals surface area contributed by atoms with E-state index in [2.05, 4.69) is 16.0 Å². The van der Waals surface area contributed by atoms with Gasteiger partial charge in [0.1, 0.15) is 0 Å². The van der Waals surface area contributed by atoms with Crippen molar-refractivity contribution in [3.63, 3.8) is 0 Å². The van der Waals surface area contributed by atoms with E-state index in [0.29, 0.717) is 11.1 Å². The van der Waals surface area contributed by atoms with Crippen molar-refractivity contribution in [1.29, 1.82) is 0 Å². The minimum absolute atomic E-state index is 0.210. The van der Waals surface area contributed by atoms with Gasteiger partial charge in [-0.3, -0.25) is 4.98 Å². The topological polar surface area (TPSA) is 16.1 Å². The number of nitrogens with zero attached hydrogens (tertiary/aromatic N) is 2. The summed E-state index contributed by atoms with van der Waals surface area (Å²) in [5.41, 5.74) is 2.37. The Hall–Kier alpha value is -1.61. The summed E-state index contributed by atoms with van der Waals surface area (Å²) in [6.45, 7) is 1.90. The Labute approximate surface area is 134 Å². The Balaban J connectivity index is 1.34. The van der Waals surface area contributed by atoms with Crippen molar-refractivity contribution in [3.8, 4) is 0 Å². The summed E-state index contributed by atoms with van der Waals surface area (Å²) in [6, 6.07) is 9.38. The summed E-state index contributed by atoms with van der Waals surface area (Å²) in [5, 5.41) is 0.210. The number of aromatic nitrogens is 1. The molecule has 0 bridgehead atoms. The lowest BCUT2D eigenvalue weighted by atomic mass is 9.56. The van der Waals surface area contributed by atoms with Crippen LogP contribution in [-0.4, -0.2) is 18.1 Å². The smallest absolute Gasteiger partial charge is 0.165 e. The van der Waals surface area contributed by atoms with Crippen LogP contribution in [-0.2, 0) is 6.42 Å². The molecule has 1 spiro atoms. The van der Waals surface area contributed by atoms with Gasteiger partial charge in [-0.05, 0) is 48.9 Å². The van der Waals surface area contributed by atoms with Crippen molar-refractivity contribution in [2.75, 3.05) is 18.0 Å². The van der Waals surface area contributed by atoms with Gasteiger partial charge in [0.2, 0.25) is 0 Å². The molecule has 2 aliphatic rings. The Kier molecular flexibility index (Phi) is 3.33. The first-order valence-electron chi connectivity index (χ1n) is 7.73. The van der Waals surface area contributed by atoms with Gasteiger partial charge in [-0.15, -0.1) is 0 Å². The zero-order valence-electron chi connectivity index (χ0n) is 12.3. The first-order valence-corrected chi connectivity index (χ1v) is 8.11. The van der Waals surface area contributed by atoms with Crippen LogP contribution in [0.15, 0.2) is 42.7 Å². The molecule has 2 heterocycles. The minimum atomic E-state index is -0.287. The van der Waals surface area contributed by atoms with Crippen molar-refractivity contribution in [2.45, 2.75) is 19.3 Å². The molecule has 0 N–H and O–H groups in total. The zero-order chi connectivity index (χ0) is 15.2. The first-order chi connectivity index (χ1) is 10.7. The monoisotopic (exact) mass is 316 g/mol. The van der Waals surface area contributed by atoms with Crippen molar-refractivity contribution in [2.24, 2.45) is 11.3 Å². The lowest BCUT2D eigenvalue weighted by Gasteiger charge is -2.60. The van der Waals surface area contributed by atoms with Gasteiger partial charge in [-0.2, -0.15) is 0 Å². The van der Waals surface area contributed by atoms with E-state index < -0.39 is 0 Å². The second-order valence-electron chi connectivity index (χ2n) is 6.77. The number of hydrogen-bond donors (Lipinski definition) is 0. The third-order valence-corrected chi connectivity index (χ3v) is 5.31. The fourth-order valence-corrected chi connectivity index (χ4v) is 4.26. The molecule has 4 heteroatoms. The maximum atomic E-state index is 14.0. The third kappa shape index (κ3) is 2.38. The van der Waals surface area contributed by atoms with Crippen LogP contribution < -0.4 is 4.90 Å². The first kappa shape index (κ1) is 14.0. The van der Waals surface area contributed by atoms with E-state index in [9.17, 15) is 4.39 Å². The van der Waals surface area contributed by atoms with Crippen LogP contribution in [0.4, 0.5) is 10.1 Å². The molecular formula is C18H18ClFN2. The molecule has 0 atom stereocenters. The van der Waals surface area contributed by atoms with Crippen LogP contribution in [0.2, 0.25) is 5.02 Å². The number of rotatable bonds is 3. The van der Waals surface area contributed by atoms with Gasteiger partial charge < -0.3 is 4.90 Å². The van der Waals surface area contributed by atoms with Crippen LogP contribution >= 0.6 is 11.6 Å². The highest BCUT2D eigenvalue weighted by Gasteiger charge is 2.52. The molecule has 1 aromatic heterocycles. The molecule has 0 unspecified atom stereocenters. The van der Waals surface area contributed by atoms with Gasteiger partial charge in [-0.25, -0.2) is 4.39 Å². The molecule has 0 radical (unpaired) electrons. The highest BCUT2D eigenvalue weighted by atomic mass is 35.5. The van der Waals surface area contributed by atoms with Crippen LogP contribution in [0.5, 0.6) is 0 Å². The molecule has 22 heavy (non-hydrogen) atoms. The summed E-state index contributed by atoms with van der Waals surface area (Å²) in [6.07, 6.45) is 7.36. The standard InChI is InChI=1S/C18H18ClFN2/c19-15-4-1-5-16(17(15)20)22-11-18(12-22)8-14(9-18)7-13-3-2-6-21-10-13/h1-6,10,14H,7-9,11-12H2. The van der Waals surface area contributed by atoms with Crippen LogP contribution in [0.25, 0.3) is 0 Å². The van der Waals surface area contributed by atoms with Gasteiger partial charge in [0.15, 0.2) is 5.82 Å². The van der Waals surface area contributed by atoms with Crippen molar-refractivity contribution in [1.82, 2.24) is 4.98 Å². The molecule has 2 fully saturated rings. The molecule has 1 aromatic carbocycles. The molecule has 1 aliphatic heterocycles. The Morgan fingerprint density at radius 3 is 2.77 bits per heavy atom. The molecule has 114 valence electrons. The number of anilines is 1. The van der Waals surface area contributed by atoms with E-state index in [1.54, 1.807) is 6.07 Å². The number of hydrogen-bond acceptors (Lipinski definition) is 2. The third-order valence-electron chi connectivity index (χ3n) is 5.01. The largest absolute Gasteiger partial charge is 0.368 e. The average molecular weight is 317 g/mol. The predicted molar refractivity (Wildman–Crippen MR) is 86.7 cm³/mol. The number of pyridine rings is 1. The molecule has 4 rings (SSSR count). The summed E-state index contributed by atoms with van der Waals surface area (Å²) >= 11 is 5.86. The lowest BCUT2D eigenvalue weighted by molar-refractivity contribution is 0.0236. The maximum absolute atomic E-state index is 14.0. The van der Waals surface area contributed by atoms with E-state index in [4.69, 9.17) is 11.6 Å². The Morgan fingerprint density at radius 1 is 1.23 bits per heavy atom. The summed E-state index contributed by atoms with van der Waals surface area (Å²) in [4.78, 5) is 6.29. The molecule has 0 amide bonds. The van der Waals surface area contributed by atoms with E-state index >= 15 is 0 Å². The second kappa shape index (κ2) is 5.24. The van der Waals surface area contributed by atoms with E-state index in [-0.39, 0.29) is 10.8 Å². The SMILES string of the molecule is Fc1c(Cl)cccc1N1CC2(CC(Cc3cccnc3)C2)C1. The average Bonchev–Trinajstić information content (AvgIpc) is 2.45. The Morgan fingerprint density at radius 2 is 2.05 bits per heavy atom. The summed E-state index contributed by atoms with van der Waals surface area (Å²) < 4.78 is 14.0. The predicted octanol–water partition coefficient (Wildman–Crippen LogP) is 4.33. The van der Waals surface area contributed by atoms with Gasteiger partial charge >= 0.3 is 0 Å². The Bertz CT molecular complexity index is 675. The summed E-state index contributed by atoms with van der Waals surface area (Å²) in [7, 11) is 0. The van der Waals surface area contributed by atoms with Gasteiger partial charge in [0.25, 0.3) is 0 Å². The molecule has 1 saturated heterocycles. The van der Waals surface area contributed by atoms with Crippen LogP contribution in [0.1, 0.15) is 18.4 Å². The highest BCUT2D eigenvalue weighted by molar-refractivity contribution is 6.31. The van der Waals surface area contributed by atoms with E-state index in [1.807, 2.05) is 30.6 Å². The normalized spacial score (nSPS) is 19.8. The van der Waals surface area contributed by atoms with E-state index in [1.165, 1.54) is 18.4 Å². The van der Waals surface area contributed by atoms with Crippen LogP contribution in [0, 0.1) is 17.2 Å². The second-order valence-corrected chi connectivity index (χ2v) is 7.18. The molecular weight excluding hydrogens is 299 g/mol. The van der Waals surface area contributed by atoms with Crippen molar-refractivity contribution >= 4 is 17.3 Å². The fourth-order valence-electron chi connectivity index (χ4n) is 4.09. The highest BCUT2D eigenvalue weighted by Crippen LogP contribution is 2.54. The molecule has 1 aliphatic carbocycles.